The van der Waals surface area contributed by atoms with Crippen LogP contribution in [0.3, 0.4) is 0 Å². The van der Waals surface area contributed by atoms with Crippen LogP contribution in [0.4, 0.5) is 10.8 Å². The van der Waals surface area contributed by atoms with Gasteiger partial charge in [-0.05, 0) is 48.5 Å². The molecule has 2 amide bonds. The lowest BCUT2D eigenvalue weighted by Gasteiger charge is -2.08. The van der Waals surface area contributed by atoms with Crippen molar-refractivity contribution in [2.24, 2.45) is 0 Å². The van der Waals surface area contributed by atoms with Gasteiger partial charge in [0.2, 0.25) is 0 Å². The number of carbonyl (C=O) groups excluding carboxylic acids is 2. The molecule has 2 heterocycles. The van der Waals surface area contributed by atoms with E-state index in [1.54, 1.807) is 42.5 Å². The molecule has 0 unspecified atom stereocenters. The minimum absolute atomic E-state index is 0.251. The predicted octanol–water partition coefficient (Wildman–Crippen LogP) is 5.41. The molecule has 2 aromatic heterocycles. The highest BCUT2D eigenvalue weighted by Crippen LogP contribution is 2.24. The molecule has 4 rings (SSSR count). The second kappa shape index (κ2) is 8.42. The van der Waals surface area contributed by atoms with Crippen LogP contribution in [0.2, 0.25) is 0 Å². The van der Waals surface area contributed by atoms with E-state index in [-0.39, 0.29) is 11.8 Å². The zero-order valence-corrected chi connectivity index (χ0v) is 17.4. The van der Waals surface area contributed by atoms with Gasteiger partial charge in [0, 0.05) is 32.9 Å². The highest BCUT2D eigenvalue weighted by Gasteiger charge is 2.12. The average molecular weight is 467 g/mol. The number of carbonyl (C=O) groups is 2. The smallest absolute Gasteiger partial charge is 0.257 e. The van der Waals surface area contributed by atoms with Gasteiger partial charge >= 0.3 is 0 Å². The number of hydrogen-bond acceptors (Lipinski definition) is 4. The fourth-order valence-corrected chi connectivity index (χ4v) is 3.79. The zero-order valence-electron chi connectivity index (χ0n) is 15.0. The fraction of sp³-hybridized carbons (Fsp3) is 0. The summed E-state index contributed by atoms with van der Waals surface area (Å²) in [6.45, 7) is 0. The minimum atomic E-state index is -0.295. The fourth-order valence-electron chi connectivity index (χ4n) is 2.68. The maximum Gasteiger partial charge on any atom is 0.257 e. The molecule has 8 heteroatoms. The summed E-state index contributed by atoms with van der Waals surface area (Å²) >= 11 is 4.70. The van der Waals surface area contributed by atoms with E-state index in [4.69, 9.17) is 0 Å². The maximum absolute atomic E-state index is 12.6. The average Bonchev–Trinajstić information content (AvgIpc) is 3.40. The van der Waals surface area contributed by atoms with Gasteiger partial charge in [-0.2, -0.15) is 0 Å². The van der Waals surface area contributed by atoms with E-state index in [1.807, 2.05) is 29.8 Å². The van der Waals surface area contributed by atoms with E-state index in [9.17, 15) is 9.59 Å². The summed E-state index contributed by atoms with van der Waals surface area (Å²) < 4.78 is 0.820. The number of aromatic amines is 1. The Hall–Kier alpha value is -3.23. The SMILES string of the molecule is O=C(Nc1cccc(C(=O)Nc2nc(-c3ccc[nH]3)cs2)c1)c1cccc(Br)c1. The number of halogens is 1. The monoisotopic (exact) mass is 466 g/mol. The van der Waals surface area contributed by atoms with Crippen LogP contribution in [0.15, 0.2) is 76.7 Å². The van der Waals surface area contributed by atoms with Crippen molar-refractivity contribution in [2.45, 2.75) is 0 Å². The van der Waals surface area contributed by atoms with Crippen LogP contribution in [-0.4, -0.2) is 21.8 Å². The maximum atomic E-state index is 12.6. The standard InChI is InChI=1S/C21H15BrN4O2S/c22-15-6-1-4-13(10-15)19(27)24-16-7-2-5-14(11-16)20(28)26-21-25-18(12-29-21)17-8-3-9-23-17/h1-12,23H,(H,24,27)(H,25,26,28). The quantitative estimate of drug-likeness (QED) is 0.367. The number of H-pyrrole nitrogens is 1. The molecule has 0 fully saturated rings. The third-order valence-electron chi connectivity index (χ3n) is 4.07. The molecule has 0 aliphatic heterocycles. The van der Waals surface area contributed by atoms with E-state index in [2.05, 4.69) is 36.5 Å². The van der Waals surface area contributed by atoms with Crippen LogP contribution >= 0.6 is 27.3 Å². The Morgan fingerprint density at radius 2 is 1.69 bits per heavy atom. The van der Waals surface area contributed by atoms with Crippen LogP contribution in [0.5, 0.6) is 0 Å². The Balaban J connectivity index is 1.45. The van der Waals surface area contributed by atoms with Crippen LogP contribution < -0.4 is 10.6 Å². The lowest BCUT2D eigenvalue weighted by molar-refractivity contribution is 0.101. The number of nitrogens with one attached hydrogen (secondary N) is 3. The molecule has 0 spiro atoms. The molecule has 2 aromatic carbocycles. The number of benzene rings is 2. The molecule has 3 N–H and O–H groups in total. The van der Waals surface area contributed by atoms with E-state index in [0.29, 0.717) is 21.9 Å². The van der Waals surface area contributed by atoms with Gasteiger partial charge < -0.3 is 10.3 Å². The molecular weight excluding hydrogens is 452 g/mol. The van der Waals surface area contributed by atoms with Gasteiger partial charge in [-0.1, -0.05) is 28.1 Å². The van der Waals surface area contributed by atoms with Crippen molar-refractivity contribution >= 4 is 49.9 Å². The molecule has 4 aromatic rings. The third kappa shape index (κ3) is 4.61. The molecule has 0 aliphatic carbocycles. The molecular formula is C21H15BrN4O2S. The molecule has 0 saturated heterocycles. The van der Waals surface area contributed by atoms with Gasteiger partial charge in [0.25, 0.3) is 11.8 Å². The van der Waals surface area contributed by atoms with Crippen molar-refractivity contribution in [3.8, 4) is 11.4 Å². The molecule has 0 bridgehead atoms. The van der Waals surface area contributed by atoms with Crippen LogP contribution in [-0.2, 0) is 0 Å². The van der Waals surface area contributed by atoms with Crippen LogP contribution in [0.1, 0.15) is 20.7 Å². The van der Waals surface area contributed by atoms with Gasteiger partial charge in [0.1, 0.15) is 0 Å². The van der Waals surface area contributed by atoms with Gasteiger partial charge in [-0.25, -0.2) is 4.98 Å². The van der Waals surface area contributed by atoms with Crippen molar-refractivity contribution in [3.63, 3.8) is 0 Å². The molecule has 29 heavy (non-hydrogen) atoms. The number of rotatable bonds is 5. The number of aromatic nitrogens is 2. The van der Waals surface area contributed by atoms with Gasteiger partial charge in [-0.15, -0.1) is 11.3 Å². The second-order valence-corrected chi connectivity index (χ2v) is 7.89. The zero-order chi connectivity index (χ0) is 20.2. The largest absolute Gasteiger partial charge is 0.360 e. The number of hydrogen-bond donors (Lipinski definition) is 3. The lowest BCUT2D eigenvalue weighted by Crippen LogP contribution is -2.14. The summed E-state index contributed by atoms with van der Waals surface area (Å²) in [5, 5.41) is 7.98. The van der Waals surface area contributed by atoms with Crippen molar-refractivity contribution in [1.82, 2.24) is 9.97 Å². The molecule has 144 valence electrons. The van der Waals surface area contributed by atoms with Crippen molar-refractivity contribution in [3.05, 3.63) is 87.8 Å². The summed E-state index contributed by atoms with van der Waals surface area (Å²) in [5.41, 5.74) is 3.14. The predicted molar refractivity (Wildman–Crippen MR) is 118 cm³/mol. The first-order valence-electron chi connectivity index (χ1n) is 8.66. The Morgan fingerprint density at radius 1 is 0.931 bits per heavy atom. The molecule has 0 aliphatic rings. The van der Waals surface area contributed by atoms with E-state index >= 15 is 0 Å². The van der Waals surface area contributed by atoms with E-state index in [0.717, 1.165) is 15.9 Å². The van der Waals surface area contributed by atoms with E-state index < -0.39 is 0 Å². The number of amides is 2. The molecule has 6 nitrogen and oxygen atoms in total. The summed E-state index contributed by atoms with van der Waals surface area (Å²) in [5.74, 6) is -0.546. The summed E-state index contributed by atoms with van der Waals surface area (Å²) in [7, 11) is 0. The minimum Gasteiger partial charge on any atom is -0.360 e. The highest BCUT2D eigenvalue weighted by atomic mass is 79.9. The summed E-state index contributed by atoms with van der Waals surface area (Å²) in [4.78, 5) is 32.5. The van der Waals surface area contributed by atoms with Crippen LogP contribution in [0, 0.1) is 0 Å². The molecule has 0 saturated carbocycles. The first-order valence-corrected chi connectivity index (χ1v) is 10.3. The Labute approximate surface area is 179 Å². The number of anilines is 2. The van der Waals surface area contributed by atoms with Gasteiger partial charge in [-0.3, -0.25) is 14.9 Å². The topological polar surface area (TPSA) is 86.9 Å². The summed E-state index contributed by atoms with van der Waals surface area (Å²) in [6.07, 6.45) is 1.82. The number of thiazole rings is 1. The highest BCUT2D eigenvalue weighted by molar-refractivity contribution is 9.10. The second-order valence-electron chi connectivity index (χ2n) is 6.12. The van der Waals surface area contributed by atoms with E-state index in [1.165, 1.54) is 11.3 Å². The summed E-state index contributed by atoms with van der Waals surface area (Å²) in [6, 6.07) is 17.7. The lowest BCUT2D eigenvalue weighted by atomic mass is 10.1. The van der Waals surface area contributed by atoms with Crippen molar-refractivity contribution < 1.29 is 9.59 Å². The number of nitrogens with zero attached hydrogens (tertiary/aromatic N) is 1. The normalized spacial score (nSPS) is 10.5. The van der Waals surface area contributed by atoms with Crippen molar-refractivity contribution in [1.29, 1.82) is 0 Å². The Morgan fingerprint density at radius 3 is 2.45 bits per heavy atom. The third-order valence-corrected chi connectivity index (χ3v) is 5.32. The van der Waals surface area contributed by atoms with Crippen LogP contribution in [0.25, 0.3) is 11.4 Å². The van der Waals surface area contributed by atoms with Gasteiger partial charge in [0.15, 0.2) is 5.13 Å². The Kier molecular flexibility index (Phi) is 5.55. The van der Waals surface area contributed by atoms with Crippen molar-refractivity contribution in [2.75, 3.05) is 10.6 Å². The molecule has 0 radical (unpaired) electrons. The Bertz CT molecular complexity index is 1170. The molecule has 0 atom stereocenters. The first-order chi connectivity index (χ1) is 14.1. The first kappa shape index (κ1) is 19.1. The van der Waals surface area contributed by atoms with Gasteiger partial charge in [0.05, 0.1) is 11.4 Å².